The number of pyridine rings is 1. The summed E-state index contributed by atoms with van der Waals surface area (Å²) in [7, 11) is 1.37. The number of nitrogens with one attached hydrogen (secondary N) is 1. The lowest BCUT2D eigenvalue weighted by Crippen LogP contribution is -2.33. The molecule has 0 amide bonds. The van der Waals surface area contributed by atoms with Crippen LogP contribution >= 0.6 is 12.2 Å². The number of ether oxygens (including phenoxy) is 1. The molecule has 30 heavy (non-hydrogen) atoms. The minimum Gasteiger partial charge on any atom is -0.465 e. The van der Waals surface area contributed by atoms with E-state index in [1.54, 1.807) is 18.3 Å². The average molecular weight is 423 g/mol. The molecule has 7 nitrogen and oxygen atoms in total. The molecule has 3 aromatic rings. The number of aliphatic hydroxyl groups excluding tert-OH is 1. The minimum atomic E-state index is -0.404. The fourth-order valence-electron chi connectivity index (χ4n) is 3.90. The van der Waals surface area contributed by atoms with Gasteiger partial charge in [0.2, 0.25) is 0 Å². The number of aliphatic hydroxyl groups is 1. The number of hydrogen-bond acceptors (Lipinski definition) is 5. The molecule has 1 aliphatic heterocycles. The number of carbonyl (C=O) groups is 1. The summed E-state index contributed by atoms with van der Waals surface area (Å²) in [6.07, 6.45) is 3.66. The fraction of sp³-hybridized carbons (Fsp3) is 0.227. The minimum absolute atomic E-state index is 0.0350. The maximum atomic E-state index is 12.3. The Balaban J connectivity index is 1.84. The molecule has 2 aromatic heterocycles. The fourth-order valence-corrected chi connectivity index (χ4v) is 4.23. The SMILES string of the molecule is COC(=O)c1ccccc1-n1cccc1[C@H]1[C@@H](c2ccccn2)NC(=S)N1CCO. The number of β-amino-alcohol motifs (C(OH)–C–C–N with tert-alkyl or cyclic N) is 1. The van der Waals surface area contributed by atoms with Gasteiger partial charge in [-0.2, -0.15) is 0 Å². The van der Waals surface area contributed by atoms with Gasteiger partial charge in [-0.25, -0.2) is 4.79 Å². The summed E-state index contributed by atoms with van der Waals surface area (Å²) in [5.41, 5.74) is 2.95. The third kappa shape index (κ3) is 3.55. The van der Waals surface area contributed by atoms with Crippen molar-refractivity contribution in [1.29, 1.82) is 0 Å². The smallest absolute Gasteiger partial charge is 0.339 e. The van der Waals surface area contributed by atoms with Crippen LogP contribution < -0.4 is 5.32 Å². The highest BCUT2D eigenvalue weighted by Gasteiger charge is 2.41. The Hall–Kier alpha value is -3.23. The summed E-state index contributed by atoms with van der Waals surface area (Å²) in [5.74, 6) is -0.404. The Labute approximate surface area is 179 Å². The Morgan fingerprint density at radius 3 is 2.73 bits per heavy atom. The van der Waals surface area contributed by atoms with E-state index < -0.39 is 5.97 Å². The molecule has 4 rings (SSSR count). The Kier molecular flexibility index (Phi) is 5.78. The molecular weight excluding hydrogens is 400 g/mol. The molecule has 1 aromatic carbocycles. The summed E-state index contributed by atoms with van der Waals surface area (Å²) < 4.78 is 6.93. The van der Waals surface area contributed by atoms with E-state index >= 15 is 0 Å². The van der Waals surface area contributed by atoms with Gasteiger partial charge in [0.05, 0.1) is 42.7 Å². The van der Waals surface area contributed by atoms with E-state index in [-0.39, 0.29) is 18.7 Å². The van der Waals surface area contributed by atoms with E-state index in [2.05, 4.69) is 10.3 Å². The maximum absolute atomic E-state index is 12.3. The highest BCUT2D eigenvalue weighted by molar-refractivity contribution is 7.80. The number of nitrogens with zero attached hydrogens (tertiary/aromatic N) is 3. The number of carbonyl (C=O) groups excluding carboxylic acids is 1. The van der Waals surface area contributed by atoms with Gasteiger partial charge < -0.3 is 24.6 Å². The number of rotatable bonds is 6. The molecule has 0 aliphatic carbocycles. The zero-order valence-electron chi connectivity index (χ0n) is 16.4. The molecular formula is C22H22N4O3S. The van der Waals surface area contributed by atoms with Crippen molar-refractivity contribution in [3.8, 4) is 5.69 Å². The largest absolute Gasteiger partial charge is 0.465 e. The zero-order valence-corrected chi connectivity index (χ0v) is 17.2. The van der Waals surface area contributed by atoms with E-state index in [4.69, 9.17) is 17.0 Å². The van der Waals surface area contributed by atoms with E-state index in [0.29, 0.717) is 22.9 Å². The quantitative estimate of drug-likeness (QED) is 0.467. The number of hydrogen-bond donors (Lipinski definition) is 2. The summed E-state index contributed by atoms with van der Waals surface area (Å²) in [4.78, 5) is 18.8. The van der Waals surface area contributed by atoms with Gasteiger partial charge in [0.1, 0.15) is 0 Å². The van der Waals surface area contributed by atoms with Gasteiger partial charge in [0.25, 0.3) is 0 Å². The van der Waals surface area contributed by atoms with E-state index in [1.807, 2.05) is 58.1 Å². The van der Waals surface area contributed by atoms with Gasteiger partial charge in [-0.15, -0.1) is 0 Å². The van der Waals surface area contributed by atoms with Crippen LogP contribution in [0.1, 0.15) is 33.8 Å². The summed E-state index contributed by atoms with van der Waals surface area (Å²) >= 11 is 5.57. The van der Waals surface area contributed by atoms with Gasteiger partial charge in [0.15, 0.2) is 5.11 Å². The van der Waals surface area contributed by atoms with E-state index in [9.17, 15) is 9.90 Å². The lowest BCUT2D eigenvalue weighted by atomic mass is 10.0. The van der Waals surface area contributed by atoms with Crippen molar-refractivity contribution in [2.24, 2.45) is 0 Å². The van der Waals surface area contributed by atoms with Crippen LogP contribution in [0.25, 0.3) is 5.69 Å². The Morgan fingerprint density at radius 2 is 2.00 bits per heavy atom. The Morgan fingerprint density at radius 1 is 1.20 bits per heavy atom. The average Bonchev–Trinajstić information content (AvgIpc) is 3.38. The highest BCUT2D eigenvalue weighted by atomic mass is 32.1. The molecule has 0 saturated carbocycles. The van der Waals surface area contributed by atoms with Crippen molar-refractivity contribution in [2.45, 2.75) is 12.1 Å². The van der Waals surface area contributed by atoms with Crippen LogP contribution in [0.15, 0.2) is 67.0 Å². The first-order chi connectivity index (χ1) is 14.7. The highest BCUT2D eigenvalue weighted by Crippen LogP contribution is 2.39. The van der Waals surface area contributed by atoms with Gasteiger partial charge in [-0.05, 0) is 48.6 Å². The molecule has 154 valence electrons. The van der Waals surface area contributed by atoms with Crippen molar-refractivity contribution >= 4 is 23.3 Å². The molecule has 0 radical (unpaired) electrons. The third-order valence-corrected chi connectivity index (χ3v) is 5.54. The number of benzene rings is 1. The lowest BCUT2D eigenvalue weighted by Gasteiger charge is -2.28. The topological polar surface area (TPSA) is 79.6 Å². The second-order valence-electron chi connectivity index (χ2n) is 6.86. The second-order valence-corrected chi connectivity index (χ2v) is 7.24. The number of thiocarbonyl (C=S) groups is 1. The number of para-hydroxylation sites is 1. The molecule has 1 fully saturated rings. The van der Waals surface area contributed by atoms with Crippen LogP contribution in [0.5, 0.6) is 0 Å². The van der Waals surface area contributed by atoms with Gasteiger partial charge in [0, 0.05) is 24.6 Å². The Bertz CT molecular complexity index is 1050. The van der Waals surface area contributed by atoms with Gasteiger partial charge in [-0.3, -0.25) is 4.98 Å². The van der Waals surface area contributed by atoms with Crippen molar-refractivity contribution in [3.05, 3.63) is 83.9 Å². The van der Waals surface area contributed by atoms with Crippen molar-refractivity contribution in [3.63, 3.8) is 0 Å². The molecule has 1 aliphatic rings. The molecule has 2 atom stereocenters. The van der Waals surface area contributed by atoms with Crippen molar-refractivity contribution in [2.75, 3.05) is 20.3 Å². The first-order valence-corrected chi connectivity index (χ1v) is 10.0. The zero-order chi connectivity index (χ0) is 21.1. The molecule has 0 bridgehead atoms. The van der Waals surface area contributed by atoms with Crippen molar-refractivity contribution < 1.29 is 14.6 Å². The van der Waals surface area contributed by atoms with Crippen LogP contribution in [0.2, 0.25) is 0 Å². The maximum Gasteiger partial charge on any atom is 0.339 e. The van der Waals surface area contributed by atoms with Crippen LogP contribution in [0, 0.1) is 0 Å². The standard InChI is InChI=1S/C22H22N4O3S/c1-29-21(28)15-7-2-3-9-17(15)25-12-6-10-18(25)20-19(16-8-4-5-11-23-16)24-22(30)26(20)13-14-27/h2-12,19-20,27H,13-14H2,1H3,(H,24,30)/t19-,20+/m1/s1. The summed E-state index contributed by atoms with van der Waals surface area (Å²) in [6, 6.07) is 16.6. The molecule has 2 N–H and O–H groups in total. The summed E-state index contributed by atoms with van der Waals surface area (Å²) in [5, 5.41) is 13.5. The first-order valence-electron chi connectivity index (χ1n) is 9.59. The molecule has 0 spiro atoms. The molecule has 1 saturated heterocycles. The van der Waals surface area contributed by atoms with Crippen LogP contribution in [0.3, 0.4) is 0 Å². The normalized spacial score (nSPS) is 18.3. The predicted octanol–water partition coefficient (Wildman–Crippen LogP) is 2.62. The summed E-state index contributed by atoms with van der Waals surface area (Å²) in [6.45, 7) is 0.344. The van der Waals surface area contributed by atoms with Crippen LogP contribution in [-0.4, -0.2) is 50.9 Å². The third-order valence-electron chi connectivity index (χ3n) is 5.19. The number of aromatic nitrogens is 2. The van der Waals surface area contributed by atoms with Crippen LogP contribution in [0.4, 0.5) is 0 Å². The second kappa shape index (κ2) is 8.64. The van der Waals surface area contributed by atoms with E-state index in [1.165, 1.54) is 7.11 Å². The van der Waals surface area contributed by atoms with Gasteiger partial charge >= 0.3 is 5.97 Å². The predicted molar refractivity (Wildman–Crippen MR) is 116 cm³/mol. The van der Waals surface area contributed by atoms with Crippen LogP contribution in [-0.2, 0) is 4.74 Å². The number of esters is 1. The van der Waals surface area contributed by atoms with E-state index in [0.717, 1.165) is 11.4 Å². The number of methoxy groups -OCH3 is 1. The molecule has 0 unspecified atom stereocenters. The molecule has 3 heterocycles. The lowest BCUT2D eigenvalue weighted by molar-refractivity contribution is 0.0600. The molecule has 8 heteroatoms. The first kappa shape index (κ1) is 20.1. The van der Waals surface area contributed by atoms with Crippen molar-refractivity contribution in [1.82, 2.24) is 19.8 Å². The van der Waals surface area contributed by atoms with Gasteiger partial charge in [-0.1, -0.05) is 18.2 Å². The monoisotopic (exact) mass is 422 g/mol.